The molecule has 1 aromatic heterocycles. The SMILES string of the molecule is CCc1cc(Cc2ccccn2)ccc1N. The minimum absolute atomic E-state index is 0.869. The third-order valence-electron chi connectivity index (χ3n) is 2.70. The number of hydrogen-bond acceptors (Lipinski definition) is 2. The summed E-state index contributed by atoms with van der Waals surface area (Å²) in [5.41, 5.74) is 10.3. The molecule has 2 aromatic rings. The van der Waals surface area contributed by atoms with Gasteiger partial charge in [0.25, 0.3) is 0 Å². The summed E-state index contributed by atoms with van der Waals surface area (Å²) in [5.74, 6) is 0. The van der Waals surface area contributed by atoms with Crippen LogP contribution in [0.5, 0.6) is 0 Å². The summed E-state index contributed by atoms with van der Waals surface area (Å²) in [4.78, 5) is 4.32. The van der Waals surface area contributed by atoms with Gasteiger partial charge in [-0.3, -0.25) is 4.98 Å². The van der Waals surface area contributed by atoms with Crippen molar-refractivity contribution >= 4 is 5.69 Å². The summed E-state index contributed by atoms with van der Waals surface area (Å²) in [6, 6.07) is 12.2. The zero-order valence-electron chi connectivity index (χ0n) is 9.48. The average Bonchev–Trinajstić information content (AvgIpc) is 2.33. The number of pyridine rings is 1. The van der Waals surface area contributed by atoms with Crippen LogP contribution in [0, 0.1) is 0 Å². The maximum absolute atomic E-state index is 5.88. The van der Waals surface area contributed by atoms with Crippen LogP contribution in [0.15, 0.2) is 42.6 Å². The van der Waals surface area contributed by atoms with E-state index in [1.807, 2.05) is 30.5 Å². The Morgan fingerprint density at radius 2 is 2.06 bits per heavy atom. The van der Waals surface area contributed by atoms with Crippen LogP contribution in [0.2, 0.25) is 0 Å². The molecule has 0 aliphatic carbocycles. The summed E-state index contributed by atoms with van der Waals surface area (Å²) >= 11 is 0. The van der Waals surface area contributed by atoms with Crippen LogP contribution in [0.25, 0.3) is 0 Å². The maximum Gasteiger partial charge on any atom is 0.0447 e. The van der Waals surface area contributed by atoms with E-state index in [1.165, 1.54) is 11.1 Å². The van der Waals surface area contributed by atoms with E-state index in [4.69, 9.17) is 5.73 Å². The standard InChI is InChI=1S/C14H16N2/c1-2-12-9-11(6-7-14(12)15)10-13-5-3-4-8-16-13/h3-9H,2,10,15H2,1H3. The summed E-state index contributed by atoms with van der Waals surface area (Å²) in [6.45, 7) is 2.12. The molecule has 2 nitrogen and oxygen atoms in total. The molecule has 0 spiro atoms. The number of benzene rings is 1. The van der Waals surface area contributed by atoms with Gasteiger partial charge in [0, 0.05) is 24.0 Å². The molecule has 1 heterocycles. The second kappa shape index (κ2) is 4.79. The molecule has 0 fully saturated rings. The number of rotatable bonds is 3. The lowest BCUT2D eigenvalue weighted by Crippen LogP contribution is -1.96. The van der Waals surface area contributed by atoms with Crippen LogP contribution in [0.4, 0.5) is 5.69 Å². The summed E-state index contributed by atoms with van der Waals surface area (Å²) in [7, 11) is 0. The third kappa shape index (κ3) is 2.40. The largest absolute Gasteiger partial charge is 0.399 e. The van der Waals surface area contributed by atoms with E-state index in [9.17, 15) is 0 Å². The van der Waals surface area contributed by atoms with Gasteiger partial charge in [-0.25, -0.2) is 0 Å². The average molecular weight is 212 g/mol. The van der Waals surface area contributed by atoms with Gasteiger partial charge < -0.3 is 5.73 Å². The van der Waals surface area contributed by atoms with Gasteiger partial charge in [0.05, 0.1) is 0 Å². The number of nitrogens with zero attached hydrogens (tertiary/aromatic N) is 1. The van der Waals surface area contributed by atoms with Gasteiger partial charge in [-0.05, 0) is 35.7 Å². The van der Waals surface area contributed by atoms with Crippen molar-refractivity contribution in [1.82, 2.24) is 4.98 Å². The quantitative estimate of drug-likeness (QED) is 0.794. The first-order valence-electron chi connectivity index (χ1n) is 5.56. The minimum Gasteiger partial charge on any atom is -0.399 e. The first-order chi connectivity index (χ1) is 7.79. The lowest BCUT2D eigenvalue weighted by molar-refractivity contribution is 1.06. The van der Waals surface area contributed by atoms with Crippen molar-refractivity contribution in [2.45, 2.75) is 19.8 Å². The monoisotopic (exact) mass is 212 g/mol. The Labute approximate surface area is 96.1 Å². The van der Waals surface area contributed by atoms with Crippen molar-refractivity contribution < 1.29 is 0 Å². The fraction of sp³-hybridized carbons (Fsp3) is 0.214. The lowest BCUT2D eigenvalue weighted by atomic mass is 10.0. The van der Waals surface area contributed by atoms with E-state index in [0.29, 0.717) is 0 Å². The Hall–Kier alpha value is -1.83. The number of nitrogen functional groups attached to an aromatic ring is 1. The highest BCUT2D eigenvalue weighted by atomic mass is 14.7. The number of nitrogens with two attached hydrogens (primary N) is 1. The van der Waals surface area contributed by atoms with Crippen molar-refractivity contribution in [1.29, 1.82) is 0 Å². The first kappa shape index (κ1) is 10.7. The molecule has 0 atom stereocenters. The number of aromatic nitrogens is 1. The van der Waals surface area contributed by atoms with Crippen molar-refractivity contribution in [3.05, 3.63) is 59.4 Å². The molecule has 2 N–H and O–H groups in total. The van der Waals surface area contributed by atoms with Crippen molar-refractivity contribution in [3.8, 4) is 0 Å². The molecule has 2 rings (SSSR count). The summed E-state index contributed by atoms with van der Waals surface area (Å²) in [5, 5.41) is 0. The molecule has 0 bridgehead atoms. The third-order valence-corrected chi connectivity index (χ3v) is 2.70. The summed E-state index contributed by atoms with van der Waals surface area (Å²) in [6.07, 6.45) is 3.67. The fourth-order valence-corrected chi connectivity index (χ4v) is 1.79. The Morgan fingerprint density at radius 1 is 1.19 bits per heavy atom. The number of aryl methyl sites for hydroxylation is 1. The van der Waals surface area contributed by atoms with E-state index in [0.717, 1.165) is 24.2 Å². The molecular weight excluding hydrogens is 196 g/mol. The highest BCUT2D eigenvalue weighted by molar-refractivity contribution is 5.49. The van der Waals surface area contributed by atoms with Crippen molar-refractivity contribution in [2.24, 2.45) is 0 Å². The van der Waals surface area contributed by atoms with E-state index < -0.39 is 0 Å². The molecule has 1 aromatic carbocycles. The Balaban J connectivity index is 2.22. The van der Waals surface area contributed by atoms with Gasteiger partial charge in [0.2, 0.25) is 0 Å². The number of hydrogen-bond donors (Lipinski definition) is 1. The van der Waals surface area contributed by atoms with Crippen LogP contribution in [-0.4, -0.2) is 4.98 Å². The predicted octanol–water partition coefficient (Wildman–Crippen LogP) is 2.82. The minimum atomic E-state index is 0.869. The Bertz CT molecular complexity index is 463. The Morgan fingerprint density at radius 3 is 2.75 bits per heavy atom. The second-order valence-corrected chi connectivity index (χ2v) is 3.88. The molecule has 0 aliphatic heterocycles. The molecule has 0 saturated carbocycles. The molecular formula is C14H16N2. The van der Waals surface area contributed by atoms with Gasteiger partial charge in [0.1, 0.15) is 0 Å². The highest BCUT2D eigenvalue weighted by Crippen LogP contribution is 2.16. The van der Waals surface area contributed by atoms with Crippen LogP contribution in [0.3, 0.4) is 0 Å². The predicted molar refractivity (Wildman–Crippen MR) is 67.3 cm³/mol. The van der Waals surface area contributed by atoms with Crippen molar-refractivity contribution in [2.75, 3.05) is 5.73 Å². The fourth-order valence-electron chi connectivity index (χ4n) is 1.79. The zero-order chi connectivity index (χ0) is 11.4. The van der Waals surface area contributed by atoms with E-state index >= 15 is 0 Å². The van der Waals surface area contributed by atoms with E-state index in [1.54, 1.807) is 0 Å². The first-order valence-corrected chi connectivity index (χ1v) is 5.56. The van der Waals surface area contributed by atoms with E-state index in [-0.39, 0.29) is 0 Å². The molecule has 2 heteroatoms. The van der Waals surface area contributed by atoms with Crippen LogP contribution < -0.4 is 5.73 Å². The van der Waals surface area contributed by atoms with Crippen LogP contribution in [-0.2, 0) is 12.8 Å². The smallest absolute Gasteiger partial charge is 0.0447 e. The van der Waals surface area contributed by atoms with Crippen molar-refractivity contribution in [3.63, 3.8) is 0 Å². The molecule has 0 aliphatic rings. The molecule has 0 unspecified atom stereocenters. The molecule has 0 saturated heterocycles. The zero-order valence-corrected chi connectivity index (χ0v) is 9.48. The van der Waals surface area contributed by atoms with Crippen LogP contribution in [0.1, 0.15) is 23.7 Å². The van der Waals surface area contributed by atoms with E-state index in [2.05, 4.69) is 24.0 Å². The summed E-state index contributed by atoms with van der Waals surface area (Å²) < 4.78 is 0. The van der Waals surface area contributed by atoms with Gasteiger partial charge in [-0.15, -0.1) is 0 Å². The highest BCUT2D eigenvalue weighted by Gasteiger charge is 2.01. The molecule has 0 radical (unpaired) electrons. The molecule has 16 heavy (non-hydrogen) atoms. The van der Waals surface area contributed by atoms with Gasteiger partial charge in [-0.2, -0.15) is 0 Å². The molecule has 82 valence electrons. The normalized spacial score (nSPS) is 10.3. The van der Waals surface area contributed by atoms with Crippen LogP contribution >= 0.6 is 0 Å². The van der Waals surface area contributed by atoms with Gasteiger partial charge in [-0.1, -0.05) is 25.1 Å². The van der Waals surface area contributed by atoms with Gasteiger partial charge >= 0.3 is 0 Å². The van der Waals surface area contributed by atoms with Gasteiger partial charge in [0.15, 0.2) is 0 Å². The lowest BCUT2D eigenvalue weighted by Gasteiger charge is -2.06. The molecule has 0 amide bonds. The second-order valence-electron chi connectivity index (χ2n) is 3.88. The number of anilines is 1. The maximum atomic E-state index is 5.88. The Kier molecular flexibility index (Phi) is 3.20. The topological polar surface area (TPSA) is 38.9 Å².